The fourth-order valence-electron chi connectivity index (χ4n) is 2.05. The highest BCUT2D eigenvalue weighted by atomic mass is 19.1. The summed E-state index contributed by atoms with van der Waals surface area (Å²) < 4.78 is 30.8. The SMILES string of the molecule is CN(C)c1ccc(CNC(=O)COC(=O)c2cc(F)cc(F)c2)cc1. The van der Waals surface area contributed by atoms with Crippen molar-refractivity contribution < 1.29 is 23.1 Å². The molecule has 0 aliphatic carbocycles. The Morgan fingerprint density at radius 1 is 1.04 bits per heavy atom. The van der Waals surface area contributed by atoms with Crippen LogP contribution in [0.4, 0.5) is 14.5 Å². The second-order valence-corrected chi connectivity index (χ2v) is 5.57. The minimum atomic E-state index is -0.969. The van der Waals surface area contributed by atoms with Crippen LogP contribution in [-0.2, 0) is 16.1 Å². The standard InChI is InChI=1S/C18H18F2N2O3/c1-22(2)16-5-3-12(4-6-16)10-21-17(23)11-25-18(24)13-7-14(19)9-15(20)8-13/h3-9H,10-11H2,1-2H3,(H,21,23). The summed E-state index contributed by atoms with van der Waals surface area (Å²) in [6.07, 6.45) is 0. The third-order valence-corrected chi connectivity index (χ3v) is 3.38. The highest BCUT2D eigenvalue weighted by Crippen LogP contribution is 2.12. The van der Waals surface area contributed by atoms with Gasteiger partial charge >= 0.3 is 5.97 Å². The fourth-order valence-corrected chi connectivity index (χ4v) is 2.05. The molecule has 0 saturated carbocycles. The van der Waals surface area contributed by atoms with Crippen LogP contribution in [0.2, 0.25) is 0 Å². The van der Waals surface area contributed by atoms with Gasteiger partial charge in [0.1, 0.15) is 11.6 Å². The molecule has 2 aromatic carbocycles. The number of ether oxygens (including phenoxy) is 1. The molecular weight excluding hydrogens is 330 g/mol. The van der Waals surface area contributed by atoms with E-state index < -0.39 is 30.1 Å². The summed E-state index contributed by atoms with van der Waals surface area (Å²) in [7, 11) is 3.85. The van der Waals surface area contributed by atoms with Gasteiger partial charge in [-0.15, -0.1) is 0 Å². The van der Waals surface area contributed by atoms with E-state index >= 15 is 0 Å². The molecule has 0 aliphatic rings. The van der Waals surface area contributed by atoms with E-state index in [1.807, 2.05) is 43.3 Å². The molecular formula is C18H18F2N2O3. The number of nitrogens with one attached hydrogen (secondary N) is 1. The predicted molar refractivity (Wildman–Crippen MR) is 89.3 cm³/mol. The summed E-state index contributed by atoms with van der Waals surface area (Å²) in [5.41, 5.74) is 1.63. The summed E-state index contributed by atoms with van der Waals surface area (Å²) in [6.45, 7) is -0.258. The summed E-state index contributed by atoms with van der Waals surface area (Å²) in [6, 6.07) is 9.91. The van der Waals surface area contributed by atoms with Gasteiger partial charge in [-0.1, -0.05) is 12.1 Å². The lowest BCUT2D eigenvalue weighted by Gasteiger charge is -2.13. The molecule has 1 N–H and O–H groups in total. The van der Waals surface area contributed by atoms with Crippen molar-refractivity contribution in [1.29, 1.82) is 0 Å². The van der Waals surface area contributed by atoms with Crippen molar-refractivity contribution in [2.24, 2.45) is 0 Å². The molecule has 0 aromatic heterocycles. The number of amides is 1. The van der Waals surface area contributed by atoms with Crippen LogP contribution < -0.4 is 10.2 Å². The van der Waals surface area contributed by atoms with Crippen LogP contribution in [0.15, 0.2) is 42.5 Å². The average molecular weight is 348 g/mol. The van der Waals surface area contributed by atoms with Gasteiger partial charge in [-0.3, -0.25) is 4.79 Å². The van der Waals surface area contributed by atoms with E-state index in [-0.39, 0.29) is 12.1 Å². The molecule has 5 nitrogen and oxygen atoms in total. The number of rotatable bonds is 6. The topological polar surface area (TPSA) is 58.6 Å². The first-order chi connectivity index (χ1) is 11.8. The normalized spacial score (nSPS) is 10.2. The van der Waals surface area contributed by atoms with Gasteiger partial charge in [-0.25, -0.2) is 13.6 Å². The fraction of sp³-hybridized carbons (Fsp3) is 0.222. The number of carbonyl (C=O) groups is 2. The Morgan fingerprint density at radius 3 is 2.20 bits per heavy atom. The van der Waals surface area contributed by atoms with Gasteiger partial charge in [0.25, 0.3) is 5.91 Å². The zero-order valence-electron chi connectivity index (χ0n) is 13.9. The van der Waals surface area contributed by atoms with Crippen LogP contribution in [0.5, 0.6) is 0 Å². The number of anilines is 1. The van der Waals surface area contributed by atoms with E-state index in [0.29, 0.717) is 6.07 Å². The van der Waals surface area contributed by atoms with Crippen LogP contribution in [0.3, 0.4) is 0 Å². The zero-order chi connectivity index (χ0) is 18.4. The van der Waals surface area contributed by atoms with E-state index in [1.165, 1.54) is 0 Å². The Morgan fingerprint density at radius 2 is 1.64 bits per heavy atom. The largest absolute Gasteiger partial charge is 0.452 e. The third-order valence-electron chi connectivity index (χ3n) is 3.38. The lowest BCUT2D eigenvalue weighted by molar-refractivity contribution is -0.124. The first kappa shape index (κ1) is 18.4. The van der Waals surface area contributed by atoms with Crippen molar-refractivity contribution >= 4 is 17.6 Å². The molecule has 0 heterocycles. The minimum absolute atomic E-state index is 0.276. The number of hydrogen-bond donors (Lipinski definition) is 1. The maximum absolute atomic E-state index is 13.0. The third kappa shape index (κ3) is 5.56. The molecule has 7 heteroatoms. The minimum Gasteiger partial charge on any atom is -0.452 e. The molecule has 2 rings (SSSR count). The Labute approximate surface area is 144 Å². The van der Waals surface area contributed by atoms with Crippen molar-refractivity contribution in [2.45, 2.75) is 6.54 Å². The lowest BCUT2D eigenvalue weighted by Crippen LogP contribution is -2.28. The monoisotopic (exact) mass is 348 g/mol. The summed E-state index contributed by atoms with van der Waals surface area (Å²) >= 11 is 0. The van der Waals surface area contributed by atoms with E-state index in [2.05, 4.69) is 5.32 Å². The van der Waals surface area contributed by atoms with Gasteiger partial charge in [0.2, 0.25) is 0 Å². The molecule has 0 spiro atoms. The van der Waals surface area contributed by atoms with Gasteiger partial charge < -0.3 is 15.0 Å². The Hall–Kier alpha value is -2.96. The van der Waals surface area contributed by atoms with Crippen LogP contribution >= 0.6 is 0 Å². The van der Waals surface area contributed by atoms with E-state index in [9.17, 15) is 18.4 Å². The van der Waals surface area contributed by atoms with Crippen LogP contribution in [0, 0.1) is 11.6 Å². The molecule has 0 saturated heterocycles. The summed E-state index contributed by atoms with van der Waals surface area (Å²) in [5.74, 6) is -3.26. The number of nitrogens with zero attached hydrogens (tertiary/aromatic N) is 1. The Balaban J connectivity index is 1.81. The maximum Gasteiger partial charge on any atom is 0.338 e. The van der Waals surface area contributed by atoms with Crippen molar-refractivity contribution in [1.82, 2.24) is 5.32 Å². The average Bonchev–Trinajstić information content (AvgIpc) is 2.57. The van der Waals surface area contributed by atoms with Crippen molar-refractivity contribution in [3.8, 4) is 0 Å². The molecule has 0 radical (unpaired) electrons. The molecule has 0 aliphatic heterocycles. The van der Waals surface area contributed by atoms with Gasteiger partial charge in [0.15, 0.2) is 6.61 Å². The molecule has 0 fully saturated rings. The predicted octanol–water partition coefficient (Wildman–Crippen LogP) is 2.50. The molecule has 1 amide bonds. The Kier molecular flexibility index (Phi) is 6.05. The van der Waals surface area contributed by atoms with E-state index in [1.54, 1.807) is 0 Å². The molecule has 132 valence electrons. The van der Waals surface area contributed by atoms with Gasteiger partial charge in [-0.2, -0.15) is 0 Å². The second-order valence-electron chi connectivity index (χ2n) is 5.57. The smallest absolute Gasteiger partial charge is 0.338 e. The number of hydrogen-bond acceptors (Lipinski definition) is 4. The van der Waals surface area contributed by atoms with Crippen LogP contribution in [0.25, 0.3) is 0 Å². The number of halogens is 2. The maximum atomic E-state index is 13.0. The van der Waals surface area contributed by atoms with Gasteiger partial charge in [0.05, 0.1) is 5.56 Å². The number of carbonyl (C=O) groups excluding carboxylic acids is 2. The van der Waals surface area contributed by atoms with Crippen LogP contribution in [-0.4, -0.2) is 32.6 Å². The molecule has 25 heavy (non-hydrogen) atoms. The summed E-state index contributed by atoms with van der Waals surface area (Å²) in [5, 5.41) is 2.60. The second kappa shape index (κ2) is 8.23. The Bertz CT molecular complexity index is 741. The molecule has 0 atom stereocenters. The molecule has 0 unspecified atom stereocenters. The van der Waals surface area contributed by atoms with Crippen molar-refractivity contribution in [2.75, 3.05) is 25.6 Å². The van der Waals surface area contributed by atoms with Crippen LogP contribution in [0.1, 0.15) is 15.9 Å². The highest BCUT2D eigenvalue weighted by molar-refractivity contribution is 5.91. The lowest BCUT2D eigenvalue weighted by atomic mass is 10.2. The first-order valence-corrected chi connectivity index (χ1v) is 7.51. The van der Waals surface area contributed by atoms with Crippen molar-refractivity contribution in [3.05, 3.63) is 65.2 Å². The van der Waals surface area contributed by atoms with E-state index in [0.717, 1.165) is 23.4 Å². The molecule has 2 aromatic rings. The molecule has 0 bridgehead atoms. The van der Waals surface area contributed by atoms with Gasteiger partial charge in [0, 0.05) is 32.4 Å². The number of benzene rings is 2. The summed E-state index contributed by atoms with van der Waals surface area (Å²) in [4.78, 5) is 25.4. The van der Waals surface area contributed by atoms with E-state index in [4.69, 9.17) is 4.74 Å². The van der Waals surface area contributed by atoms with Crippen molar-refractivity contribution in [3.63, 3.8) is 0 Å². The number of esters is 1. The quantitative estimate of drug-likeness (QED) is 0.815. The van der Waals surface area contributed by atoms with Gasteiger partial charge in [-0.05, 0) is 29.8 Å². The highest BCUT2D eigenvalue weighted by Gasteiger charge is 2.12. The first-order valence-electron chi connectivity index (χ1n) is 7.51. The zero-order valence-corrected chi connectivity index (χ0v) is 13.9.